The molecule has 1 aliphatic heterocycles. The molecular formula is C20H27FNP. The second kappa shape index (κ2) is 9.13. The van der Waals surface area contributed by atoms with Gasteiger partial charge in [-0.05, 0) is 73.1 Å². The van der Waals surface area contributed by atoms with Crippen molar-refractivity contribution in [2.75, 3.05) is 6.16 Å². The summed E-state index contributed by atoms with van der Waals surface area (Å²) in [4.78, 5) is 4.90. The van der Waals surface area contributed by atoms with Gasteiger partial charge in [-0.25, -0.2) is 4.39 Å². The van der Waals surface area contributed by atoms with Crippen LogP contribution in [-0.4, -0.2) is 11.9 Å². The van der Waals surface area contributed by atoms with Crippen LogP contribution in [0.25, 0.3) is 5.57 Å². The molecule has 3 heteroatoms. The van der Waals surface area contributed by atoms with E-state index in [4.69, 9.17) is 4.99 Å². The van der Waals surface area contributed by atoms with E-state index in [0.717, 1.165) is 42.2 Å². The third-order valence-corrected chi connectivity index (χ3v) is 5.11. The van der Waals surface area contributed by atoms with E-state index >= 15 is 0 Å². The van der Waals surface area contributed by atoms with Crippen LogP contribution in [0.2, 0.25) is 0 Å². The Bertz CT molecular complexity index is 629. The molecule has 0 fully saturated rings. The van der Waals surface area contributed by atoms with Crippen LogP contribution < -0.4 is 0 Å². The summed E-state index contributed by atoms with van der Waals surface area (Å²) < 4.78 is 13.4. The molecule has 0 saturated carbocycles. The Balaban J connectivity index is 2.23. The number of hydrogen-bond acceptors (Lipinski definition) is 1. The lowest BCUT2D eigenvalue weighted by Crippen LogP contribution is -1.98. The van der Waals surface area contributed by atoms with Crippen LogP contribution in [0, 0.1) is 6.92 Å². The number of hydrogen-bond donors (Lipinski definition) is 0. The molecule has 0 bridgehead atoms. The van der Waals surface area contributed by atoms with Gasteiger partial charge in [-0.2, -0.15) is 0 Å². The van der Waals surface area contributed by atoms with Crippen LogP contribution >= 0.6 is 8.58 Å². The molecular weight excluding hydrogens is 304 g/mol. The molecule has 1 unspecified atom stereocenters. The highest BCUT2D eigenvalue weighted by Crippen LogP contribution is 2.34. The summed E-state index contributed by atoms with van der Waals surface area (Å²) in [5.74, 6) is 1.58. The molecule has 0 amide bonds. The molecule has 0 N–H and O–H groups in total. The van der Waals surface area contributed by atoms with Gasteiger partial charge in [-0.3, -0.25) is 4.99 Å². The highest BCUT2D eigenvalue weighted by molar-refractivity contribution is 7.42. The highest BCUT2D eigenvalue weighted by Gasteiger charge is 2.09. The maximum Gasteiger partial charge on any atom is 0.123 e. The summed E-state index contributed by atoms with van der Waals surface area (Å²) in [6, 6.07) is 6.33. The Kier molecular flexibility index (Phi) is 7.17. The van der Waals surface area contributed by atoms with Crippen molar-refractivity contribution in [2.45, 2.75) is 52.9 Å². The van der Waals surface area contributed by atoms with Crippen molar-refractivity contribution in [1.82, 2.24) is 0 Å². The summed E-state index contributed by atoms with van der Waals surface area (Å²) in [6.07, 6.45) is 8.31. The summed E-state index contributed by atoms with van der Waals surface area (Å²) >= 11 is 0. The lowest BCUT2D eigenvalue weighted by molar-refractivity contribution is 0.669. The van der Waals surface area contributed by atoms with Crippen LogP contribution in [-0.2, 0) is 0 Å². The second-order valence-corrected chi connectivity index (χ2v) is 7.16. The topological polar surface area (TPSA) is 12.4 Å². The van der Waals surface area contributed by atoms with E-state index in [2.05, 4.69) is 39.0 Å². The van der Waals surface area contributed by atoms with Crippen molar-refractivity contribution < 1.29 is 4.39 Å². The zero-order valence-electron chi connectivity index (χ0n) is 14.5. The van der Waals surface area contributed by atoms with Crippen molar-refractivity contribution in [3.05, 3.63) is 47.0 Å². The summed E-state index contributed by atoms with van der Waals surface area (Å²) in [5, 5.41) is 0. The monoisotopic (exact) mass is 331 g/mol. The molecule has 1 aromatic rings. The van der Waals surface area contributed by atoms with Crippen molar-refractivity contribution in [2.24, 2.45) is 4.99 Å². The SMILES string of the molecule is CCCC/C(CCC)=N/c1ccc(C2=CC(F)=CPC2)cc1C. The molecule has 0 spiro atoms. The summed E-state index contributed by atoms with van der Waals surface area (Å²) in [7, 11) is 0.545. The number of benzene rings is 1. The summed E-state index contributed by atoms with van der Waals surface area (Å²) in [5.41, 5.74) is 5.76. The standard InChI is InChI=1S/C20H27FNP/c1-4-6-8-19(7-5-2)22-20-10-9-16(11-15(20)3)17-12-18(21)14-23-13-17/h9-12,14,23H,4-8,13H2,1-3H3/b22-19+. The number of aryl methyl sites for hydroxylation is 1. The molecule has 124 valence electrons. The molecule has 1 aromatic carbocycles. The third kappa shape index (κ3) is 5.39. The van der Waals surface area contributed by atoms with Crippen molar-refractivity contribution >= 4 is 25.6 Å². The smallest absolute Gasteiger partial charge is 0.123 e. The van der Waals surface area contributed by atoms with E-state index in [0.29, 0.717) is 8.58 Å². The lowest BCUT2D eigenvalue weighted by atomic mass is 10.0. The Morgan fingerprint density at radius 3 is 2.70 bits per heavy atom. The minimum Gasteiger partial charge on any atom is -0.258 e. The van der Waals surface area contributed by atoms with Gasteiger partial charge in [0, 0.05) is 5.71 Å². The number of unbranched alkanes of at least 4 members (excludes halogenated alkanes) is 1. The fraction of sp³-hybridized carbons (Fsp3) is 0.450. The van der Waals surface area contributed by atoms with Gasteiger partial charge in [0.05, 0.1) is 5.69 Å². The van der Waals surface area contributed by atoms with E-state index in [1.165, 1.54) is 24.1 Å². The van der Waals surface area contributed by atoms with Gasteiger partial charge < -0.3 is 0 Å². The largest absolute Gasteiger partial charge is 0.258 e. The molecule has 0 aromatic heterocycles. The van der Waals surface area contributed by atoms with Gasteiger partial charge in [0.2, 0.25) is 0 Å². The van der Waals surface area contributed by atoms with Crippen LogP contribution in [0.15, 0.2) is 40.9 Å². The van der Waals surface area contributed by atoms with Gasteiger partial charge in [0.25, 0.3) is 0 Å². The first-order chi connectivity index (χ1) is 11.1. The summed E-state index contributed by atoms with van der Waals surface area (Å²) in [6.45, 7) is 6.52. The minimum atomic E-state index is -0.103. The van der Waals surface area contributed by atoms with Gasteiger partial charge in [0.15, 0.2) is 0 Å². The quantitative estimate of drug-likeness (QED) is 0.379. The Hall–Kier alpha value is -1.27. The number of nitrogens with zero attached hydrogens (tertiary/aromatic N) is 1. The molecule has 0 radical (unpaired) electrons. The van der Waals surface area contributed by atoms with E-state index in [1.54, 1.807) is 11.9 Å². The zero-order chi connectivity index (χ0) is 16.7. The van der Waals surface area contributed by atoms with Crippen LogP contribution in [0.5, 0.6) is 0 Å². The molecule has 0 aliphatic carbocycles. The molecule has 1 atom stereocenters. The molecule has 2 rings (SSSR count). The number of aliphatic imine (C=N–C) groups is 1. The minimum absolute atomic E-state index is 0.103. The molecule has 23 heavy (non-hydrogen) atoms. The number of allylic oxidation sites excluding steroid dienone is 3. The first-order valence-corrected chi connectivity index (χ1v) is 9.89. The Morgan fingerprint density at radius 2 is 2.04 bits per heavy atom. The van der Waals surface area contributed by atoms with Crippen LogP contribution in [0.3, 0.4) is 0 Å². The van der Waals surface area contributed by atoms with Crippen molar-refractivity contribution in [3.63, 3.8) is 0 Å². The molecule has 1 heterocycles. The maximum atomic E-state index is 13.4. The first kappa shape index (κ1) is 18.1. The number of halogens is 1. The van der Waals surface area contributed by atoms with Gasteiger partial charge in [-0.15, -0.1) is 0 Å². The van der Waals surface area contributed by atoms with Gasteiger partial charge in [0.1, 0.15) is 5.83 Å². The third-order valence-electron chi connectivity index (χ3n) is 4.05. The van der Waals surface area contributed by atoms with E-state index in [1.807, 2.05) is 0 Å². The lowest BCUT2D eigenvalue weighted by Gasteiger charge is -2.13. The maximum absolute atomic E-state index is 13.4. The average Bonchev–Trinajstić information content (AvgIpc) is 2.54. The predicted octanol–water partition coefficient (Wildman–Crippen LogP) is 6.94. The van der Waals surface area contributed by atoms with Crippen molar-refractivity contribution in [3.8, 4) is 0 Å². The highest BCUT2D eigenvalue weighted by atomic mass is 31.1. The van der Waals surface area contributed by atoms with Gasteiger partial charge in [-0.1, -0.05) is 41.3 Å². The normalized spacial score (nSPS) is 16.4. The van der Waals surface area contributed by atoms with Gasteiger partial charge >= 0.3 is 0 Å². The fourth-order valence-corrected chi connectivity index (χ4v) is 3.67. The van der Waals surface area contributed by atoms with Crippen LogP contribution in [0.4, 0.5) is 10.1 Å². The van der Waals surface area contributed by atoms with E-state index in [9.17, 15) is 4.39 Å². The predicted molar refractivity (Wildman–Crippen MR) is 103 cm³/mol. The number of rotatable bonds is 7. The van der Waals surface area contributed by atoms with E-state index in [-0.39, 0.29) is 5.83 Å². The fourth-order valence-electron chi connectivity index (χ4n) is 2.76. The molecule has 1 nitrogen and oxygen atoms in total. The van der Waals surface area contributed by atoms with Crippen molar-refractivity contribution in [1.29, 1.82) is 0 Å². The second-order valence-electron chi connectivity index (χ2n) is 6.11. The Morgan fingerprint density at radius 1 is 1.22 bits per heavy atom. The average molecular weight is 331 g/mol. The first-order valence-electron chi connectivity index (χ1n) is 8.61. The Labute approximate surface area is 141 Å². The van der Waals surface area contributed by atoms with Crippen LogP contribution in [0.1, 0.15) is 57.1 Å². The zero-order valence-corrected chi connectivity index (χ0v) is 15.5. The molecule has 1 aliphatic rings. The van der Waals surface area contributed by atoms with E-state index < -0.39 is 0 Å². The molecule has 0 saturated heterocycles.